The standard InChI is InChI=1S/C9H10N4OS2/c14-8(12-9-10-6-11-13-9)5-15-4-7-2-1-3-16-7/h1-3,6H,4-5H2,(H2,10,11,12,13,14). The Morgan fingerprint density at radius 2 is 2.56 bits per heavy atom. The minimum absolute atomic E-state index is 0.0710. The molecule has 5 nitrogen and oxygen atoms in total. The predicted octanol–water partition coefficient (Wildman–Crippen LogP) is 1.74. The number of carbonyl (C=O) groups excluding carboxylic acids is 1. The van der Waals surface area contributed by atoms with Crippen LogP contribution in [0.5, 0.6) is 0 Å². The Hall–Kier alpha value is -1.34. The van der Waals surface area contributed by atoms with Crippen LogP contribution < -0.4 is 5.32 Å². The molecule has 0 saturated heterocycles. The molecule has 16 heavy (non-hydrogen) atoms. The SMILES string of the molecule is O=C(CSCc1cccs1)Nc1ncn[nH]1. The molecule has 7 heteroatoms. The summed E-state index contributed by atoms with van der Waals surface area (Å²) in [6.07, 6.45) is 1.36. The van der Waals surface area contributed by atoms with Crippen LogP contribution in [0.3, 0.4) is 0 Å². The second-order valence-corrected chi connectivity index (χ2v) is 4.97. The van der Waals surface area contributed by atoms with E-state index in [4.69, 9.17) is 0 Å². The topological polar surface area (TPSA) is 70.7 Å². The lowest BCUT2D eigenvalue weighted by molar-refractivity contribution is -0.113. The van der Waals surface area contributed by atoms with Crippen molar-refractivity contribution in [3.8, 4) is 0 Å². The van der Waals surface area contributed by atoms with Crippen molar-refractivity contribution in [3.05, 3.63) is 28.7 Å². The molecule has 0 unspecified atom stereocenters. The van der Waals surface area contributed by atoms with Crippen LogP contribution in [0.1, 0.15) is 4.88 Å². The number of amides is 1. The van der Waals surface area contributed by atoms with Gasteiger partial charge in [0.2, 0.25) is 11.9 Å². The maximum Gasteiger partial charge on any atom is 0.236 e. The van der Waals surface area contributed by atoms with Crippen molar-refractivity contribution in [2.75, 3.05) is 11.1 Å². The second kappa shape index (κ2) is 5.66. The molecule has 0 aromatic carbocycles. The van der Waals surface area contributed by atoms with Gasteiger partial charge in [-0.3, -0.25) is 10.1 Å². The first kappa shape index (κ1) is 11.2. The lowest BCUT2D eigenvalue weighted by atomic mass is 10.5. The minimum atomic E-state index is -0.0710. The molecule has 84 valence electrons. The zero-order valence-corrected chi connectivity index (χ0v) is 9.98. The molecular formula is C9H10N4OS2. The first-order chi connectivity index (χ1) is 7.84. The molecular weight excluding hydrogens is 244 g/mol. The number of nitrogens with one attached hydrogen (secondary N) is 2. The van der Waals surface area contributed by atoms with Crippen LogP contribution in [0.4, 0.5) is 5.95 Å². The monoisotopic (exact) mass is 254 g/mol. The minimum Gasteiger partial charge on any atom is -0.294 e. The molecule has 2 rings (SSSR count). The van der Waals surface area contributed by atoms with Crippen LogP contribution in [0.25, 0.3) is 0 Å². The van der Waals surface area contributed by atoms with Gasteiger partial charge in [0.15, 0.2) is 0 Å². The van der Waals surface area contributed by atoms with E-state index in [1.807, 2.05) is 11.4 Å². The highest BCUT2D eigenvalue weighted by atomic mass is 32.2. The highest BCUT2D eigenvalue weighted by molar-refractivity contribution is 7.99. The number of carbonyl (C=O) groups is 1. The van der Waals surface area contributed by atoms with Gasteiger partial charge in [0, 0.05) is 10.6 Å². The Morgan fingerprint density at radius 3 is 3.25 bits per heavy atom. The van der Waals surface area contributed by atoms with Gasteiger partial charge in [-0.15, -0.1) is 23.1 Å². The fraction of sp³-hybridized carbons (Fsp3) is 0.222. The van der Waals surface area contributed by atoms with Crippen LogP contribution in [-0.2, 0) is 10.5 Å². The number of thiophene rings is 1. The summed E-state index contributed by atoms with van der Waals surface area (Å²) in [4.78, 5) is 16.5. The van der Waals surface area contributed by atoms with E-state index in [0.717, 1.165) is 5.75 Å². The maximum atomic E-state index is 11.4. The van der Waals surface area contributed by atoms with E-state index in [9.17, 15) is 4.79 Å². The first-order valence-corrected chi connectivity index (χ1v) is 6.63. The number of anilines is 1. The second-order valence-electron chi connectivity index (χ2n) is 2.95. The van der Waals surface area contributed by atoms with Crippen molar-refractivity contribution < 1.29 is 4.79 Å². The highest BCUT2D eigenvalue weighted by Gasteiger charge is 2.04. The summed E-state index contributed by atoms with van der Waals surface area (Å²) in [5.41, 5.74) is 0. The van der Waals surface area contributed by atoms with Crippen LogP contribution >= 0.6 is 23.1 Å². The number of hydrogen-bond acceptors (Lipinski definition) is 5. The molecule has 2 aromatic rings. The fourth-order valence-corrected chi connectivity index (χ4v) is 2.74. The van der Waals surface area contributed by atoms with Crippen molar-refractivity contribution in [1.82, 2.24) is 15.2 Å². The van der Waals surface area contributed by atoms with Gasteiger partial charge >= 0.3 is 0 Å². The van der Waals surface area contributed by atoms with Gasteiger partial charge in [-0.1, -0.05) is 6.07 Å². The molecule has 0 atom stereocenters. The maximum absolute atomic E-state index is 11.4. The Bertz CT molecular complexity index is 426. The molecule has 0 saturated carbocycles. The van der Waals surface area contributed by atoms with E-state index in [1.165, 1.54) is 11.2 Å². The average Bonchev–Trinajstić information content (AvgIpc) is 2.90. The van der Waals surface area contributed by atoms with Gasteiger partial charge in [0.25, 0.3) is 0 Å². The van der Waals surface area contributed by atoms with E-state index in [1.54, 1.807) is 23.1 Å². The zero-order valence-electron chi connectivity index (χ0n) is 8.34. The third-order valence-electron chi connectivity index (χ3n) is 1.73. The van der Waals surface area contributed by atoms with Gasteiger partial charge in [-0.05, 0) is 11.4 Å². The van der Waals surface area contributed by atoms with Crippen LogP contribution in [0, 0.1) is 0 Å². The number of thioether (sulfide) groups is 1. The summed E-state index contributed by atoms with van der Waals surface area (Å²) in [6, 6.07) is 4.07. The first-order valence-electron chi connectivity index (χ1n) is 4.60. The van der Waals surface area contributed by atoms with Crippen LogP contribution in [-0.4, -0.2) is 26.8 Å². The number of aromatic amines is 1. The summed E-state index contributed by atoms with van der Waals surface area (Å²) in [5, 5.41) is 10.9. The van der Waals surface area contributed by atoms with E-state index in [-0.39, 0.29) is 5.91 Å². The number of aromatic nitrogens is 3. The van der Waals surface area contributed by atoms with Crippen molar-refractivity contribution in [2.24, 2.45) is 0 Å². The lowest BCUT2D eigenvalue weighted by Gasteiger charge is -2.00. The van der Waals surface area contributed by atoms with Gasteiger partial charge in [-0.2, -0.15) is 10.1 Å². The van der Waals surface area contributed by atoms with Crippen LogP contribution in [0.2, 0.25) is 0 Å². The Kier molecular flexibility index (Phi) is 3.95. The number of H-pyrrole nitrogens is 1. The fourth-order valence-electron chi connectivity index (χ4n) is 1.07. The average molecular weight is 254 g/mol. The Balaban J connectivity index is 1.68. The van der Waals surface area contributed by atoms with E-state index in [2.05, 4.69) is 26.6 Å². The summed E-state index contributed by atoms with van der Waals surface area (Å²) in [6.45, 7) is 0. The summed E-state index contributed by atoms with van der Waals surface area (Å²) in [7, 11) is 0. The lowest BCUT2D eigenvalue weighted by Crippen LogP contribution is -2.15. The van der Waals surface area contributed by atoms with Crippen LogP contribution in [0.15, 0.2) is 23.8 Å². The number of rotatable bonds is 5. The molecule has 0 bridgehead atoms. The Morgan fingerprint density at radius 1 is 1.62 bits per heavy atom. The number of nitrogens with zero attached hydrogens (tertiary/aromatic N) is 2. The van der Waals surface area contributed by atoms with Gasteiger partial charge in [0.05, 0.1) is 5.75 Å². The van der Waals surface area contributed by atoms with Gasteiger partial charge in [0.1, 0.15) is 6.33 Å². The zero-order chi connectivity index (χ0) is 11.2. The molecule has 0 spiro atoms. The molecule has 0 aliphatic heterocycles. The third-order valence-corrected chi connectivity index (χ3v) is 3.77. The van der Waals surface area contributed by atoms with Crippen molar-refractivity contribution in [2.45, 2.75) is 5.75 Å². The highest BCUT2D eigenvalue weighted by Crippen LogP contribution is 2.16. The molecule has 0 aliphatic carbocycles. The molecule has 2 heterocycles. The smallest absolute Gasteiger partial charge is 0.236 e. The molecule has 2 N–H and O–H groups in total. The molecule has 0 aliphatic rings. The van der Waals surface area contributed by atoms with Gasteiger partial charge < -0.3 is 0 Å². The summed E-state index contributed by atoms with van der Waals surface area (Å²) < 4.78 is 0. The van der Waals surface area contributed by atoms with Crippen molar-refractivity contribution in [1.29, 1.82) is 0 Å². The summed E-state index contributed by atoms with van der Waals surface area (Å²) >= 11 is 3.28. The molecule has 0 fully saturated rings. The van der Waals surface area contributed by atoms with Gasteiger partial charge in [-0.25, -0.2) is 5.10 Å². The van der Waals surface area contributed by atoms with E-state index < -0.39 is 0 Å². The summed E-state index contributed by atoms with van der Waals surface area (Å²) in [5.74, 6) is 1.60. The van der Waals surface area contributed by atoms with Crippen molar-refractivity contribution in [3.63, 3.8) is 0 Å². The molecule has 2 aromatic heterocycles. The molecule has 1 amide bonds. The predicted molar refractivity (Wildman–Crippen MR) is 65.5 cm³/mol. The normalized spacial score (nSPS) is 10.2. The third kappa shape index (κ3) is 3.35. The Labute approximate surface area is 101 Å². The van der Waals surface area contributed by atoms with E-state index >= 15 is 0 Å². The molecule has 0 radical (unpaired) electrons. The largest absolute Gasteiger partial charge is 0.294 e. The quantitative estimate of drug-likeness (QED) is 0.852. The van der Waals surface area contributed by atoms with E-state index in [0.29, 0.717) is 11.7 Å². The van der Waals surface area contributed by atoms with Crippen molar-refractivity contribution >= 4 is 35.0 Å². The number of hydrogen-bond donors (Lipinski definition) is 2.